The highest BCUT2D eigenvalue weighted by molar-refractivity contribution is 5.95. The zero-order valence-electron chi connectivity index (χ0n) is 34.4. The Kier molecular flexibility index (Phi) is 19.9. The Bertz CT molecular complexity index is 1750. The number of anilines is 2. The van der Waals surface area contributed by atoms with Crippen molar-refractivity contribution in [2.75, 3.05) is 52.9 Å². The number of rotatable bonds is 28. The van der Waals surface area contributed by atoms with E-state index in [-0.39, 0.29) is 0 Å². The first kappa shape index (κ1) is 43.9. The van der Waals surface area contributed by atoms with Gasteiger partial charge in [-0.15, -0.1) is 0 Å². The van der Waals surface area contributed by atoms with Crippen LogP contribution in [0.25, 0.3) is 17.0 Å². The zero-order valence-corrected chi connectivity index (χ0v) is 34.4. The molecular formula is C46H64N4O6. The predicted molar refractivity (Wildman–Crippen MR) is 227 cm³/mol. The Hall–Kier alpha value is -4.83. The number of hydrogen-bond acceptors (Lipinski definition) is 10. The van der Waals surface area contributed by atoms with Crippen molar-refractivity contribution < 1.29 is 28.5 Å². The third-order valence-corrected chi connectivity index (χ3v) is 9.88. The number of fused-ring (bicyclic) bond motifs is 1. The highest BCUT2D eigenvalue weighted by Crippen LogP contribution is 2.39. The molecule has 0 saturated carbocycles. The highest BCUT2D eigenvalue weighted by atomic mass is 16.5. The number of ether oxygens (including phenoxy) is 5. The van der Waals surface area contributed by atoms with Crippen LogP contribution < -0.4 is 24.3 Å². The second kappa shape index (κ2) is 25.4. The first-order valence-corrected chi connectivity index (χ1v) is 20.6. The fourth-order valence-corrected chi connectivity index (χ4v) is 6.66. The average Bonchev–Trinajstić information content (AvgIpc) is 3.23. The molecule has 0 atom stereocenters. The predicted octanol–water partition coefficient (Wildman–Crippen LogP) is 10.9. The second-order valence-electron chi connectivity index (χ2n) is 14.2. The smallest absolute Gasteiger partial charge is 0.330 e. The molecule has 1 N–H and O–H groups in total. The van der Waals surface area contributed by atoms with Gasteiger partial charge in [0.15, 0.2) is 23.0 Å². The molecule has 0 aliphatic carbocycles. The van der Waals surface area contributed by atoms with E-state index in [1.165, 1.54) is 96.6 Å². The monoisotopic (exact) mass is 768 g/mol. The van der Waals surface area contributed by atoms with E-state index in [9.17, 15) is 4.79 Å². The van der Waals surface area contributed by atoms with Crippen molar-refractivity contribution >= 4 is 34.5 Å². The van der Waals surface area contributed by atoms with E-state index >= 15 is 0 Å². The molecule has 4 aromatic rings. The molecule has 0 amide bonds. The van der Waals surface area contributed by atoms with E-state index in [1.54, 1.807) is 20.3 Å². The molecule has 4 rings (SSSR count). The van der Waals surface area contributed by atoms with Crippen LogP contribution in [0.5, 0.6) is 23.0 Å². The van der Waals surface area contributed by atoms with Gasteiger partial charge in [-0.3, -0.25) is 0 Å². The van der Waals surface area contributed by atoms with Gasteiger partial charge >= 0.3 is 5.97 Å². The van der Waals surface area contributed by atoms with Crippen LogP contribution in [0.3, 0.4) is 0 Å². The summed E-state index contributed by atoms with van der Waals surface area (Å²) in [5.41, 5.74) is 3.02. The molecule has 304 valence electrons. The van der Waals surface area contributed by atoms with Gasteiger partial charge in [-0.05, 0) is 56.1 Å². The number of methoxy groups -OCH3 is 3. The Morgan fingerprint density at radius 3 is 1.98 bits per heavy atom. The van der Waals surface area contributed by atoms with Crippen LogP contribution in [0.1, 0.15) is 108 Å². The molecule has 0 aliphatic heterocycles. The molecule has 10 heteroatoms. The topological polar surface area (TPSA) is 104 Å². The van der Waals surface area contributed by atoms with Crippen LogP contribution >= 0.6 is 0 Å². The number of esters is 1. The lowest BCUT2D eigenvalue weighted by Crippen LogP contribution is -2.28. The van der Waals surface area contributed by atoms with E-state index in [4.69, 9.17) is 23.7 Å². The summed E-state index contributed by atoms with van der Waals surface area (Å²) in [5, 5.41) is 4.22. The summed E-state index contributed by atoms with van der Waals surface area (Å²) in [6.07, 6.45) is 21.1. The molecule has 56 heavy (non-hydrogen) atoms. The standard InChI is InChI=1S/C46H64N4O6/c1-6-8-10-12-14-19-26-50(27-20-15-13-11-9-7-2)28-21-29-55-43-31-38-40(33-42(43)53-4)47-35-48-46(38)49-39-32-44(56-34-36-22-17-16-18-23-36)41(52-3)30-37(39)24-25-45(51)54-5/h16-18,22-25,30-33,35H,6-15,19-21,26-29,34H2,1-5H3,(H,47,48,49)/b25-24+. The molecule has 0 unspecified atom stereocenters. The van der Waals surface area contributed by atoms with Crippen LogP contribution in [-0.2, 0) is 16.1 Å². The molecule has 0 aliphatic rings. The summed E-state index contributed by atoms with van der Waals surface area (Å²) in [7, 11) is 4.57. The van der Waals surface area contributed by atoms with Crippen molar-refractivity contribution in [3.8, 4) is 23.0 Å². The Balaban J connectivity index is 1.51. The summed E-state index contributed by atoms with van der Waals surface area (Å²) < 4.78 is 29.0. The maximum Gasteiger partial charge on any atom is 0.330 e. The summed E-state index contributed by atoms with van der Waals surface area (Å²) in [5.74, 6) is 2.36. The van der Waals surface area contributed by atoms with Gasteiger partial charge < -0.3 is 33.9 Å². The zero-order chi connectivity index (χ0) is 39.8. The largest absolute Gasteiger partial charge is 0.493 e. The van der Waals surface area contributed by atoms with Crippen LogP contribution in [0, 0.1) is 0 Å². The summed E-state index contributed by atoms with van der Waals surface area (Å²) in [6.45, 7) is 8.75. The number of benzene rings is 3. The Labute approximate surface area is 335 Å². The van der Waals surface area contributed by atoms with Crippen molar-refractivity contribution in [3.63, 3.8) is 0 Å². The Morgan fingerprint density at radius 2 is 1.32 bits per heavy atom. The van der Waals surface area contributed by atoms with Crippen LogP contribution in [-0.4, -0.2) is 68.4 Å². The van der Waals surface area contributed by atoms with Crippen LogP contribution in [0.2, 0.25) is 0 Å². The summed E-state index contributed by atoms with van der Waals surface area (Å²) >= 11 is 0. The number of carbonyl (C=O) groups excluding carboxylic acids is 1. The van der Waals surface area contributed by atoms with Gasteiger partial charge in [-0.1, -0.05) is 108 Å². The maximum atomic E-state index is 12.1. The minimum atomic E-state index is -0.478. The first-order chi connectivity index (χ1) is 27.5. The van der Waals surface area contributed by atoms with Gasteiger partial charge in [0.25, 0.3) is 0 Å². The number of hydrogen-bond donors (Lipinski definition) is 1. The van der Waals surface area contributed by atoms with Crippen LogP contribution in [0.15, 0.2) is 67.0 Å². The average molecular weight is 769 g/mol. The molecule has 1 heterocycles. The second-order valence-corrected chi connectivity index (χ2v) is 14.2. The molecule has 3 aromatic carbocycles. The van der Waals surface area contributed by atoms with Gasteiger partial charge in [0.1, 0.15) is 18.8 Å². The van der Waals surface area contributed by atoms with E-state index < -0.39 is 5.97 Å². The van der Waals surface area contributed by atoms with Crippen molar-refractivity contribution in [2.24, 2.45) is 0 Å². The lowest BCUT2D eigenvalue weighted by atomic mass is 10.1. The minimum absolute atomic E-state index is 0.348. The van der Waals surface area contributed by atoms with Crippen molar-refractivity contribution in [3.05, 3.63) is 78.1 Å². The number of nitrogens with one attached hydrogen (secondary N) is 1. The molecule has 0 spiro atoms. The third kappa shape index (κ3) is 14.7. The molecule has 1 aromatic heterocycles. The number of aromatic nitrogens is 2. The van der Waals surface area contributed by atoms with Gasteiger partial charge in [0.05, 0.1) is 39.1 Å². The Morgan fingerprint density at radius 1 is 0.696 bits per heavy atom. The minimum Gasteiger partial charge on any atom is -0.493 e. The molecular weight excluding hydrogens is 705 g/mol. The highest BCUT2D eigenvalue weighted by Gasteiger charge is 2.16. The van der Waals surface area contributed by atoms with Crippen molar-refractivity contribution in [1.82, 2.24) is 14.9 Å². The van der Waals surface area contributed by atoms with Gasteiger partial charge in [-0.2, -0.15) is 0 Å². The molecule has 0 saturated heterocycles. The summed E-state index contributed by atoms with van der Waals surface area (Å²) in [4.78, 5) is 23.9. The van der Waals surface area contributed by atoms with Gasteiger partial charge in [0, 0.05) is 35.7 Å². The third-order valence-electron chi connectivity index (χ3n) is 9.88. The quantitative estimate of drug-likeness (QED) is 0.0341. The fraction of sp³-hybridized carbons (Fsp3) is 0.500. The normalized spacial score (nSPS) is 11.3. The first-order valence-electron chi connectivity index (χ1n) is 20.6. The SMILES string of the molecule is CCCCCCCCN(CCCCCCCC)CCCOc1cc2c(Nc3cc(OCc4ccccc4)c(OC)cc3/C=C/C(=O)OC)ncnc2cc1OC. The van der Waals surface area contributed by atoms with Crippen LogP contribution in [0.4, 0.5) is 11.5 Å². The molecule has 0 bridgehead atoms. The lowest BCUT2D eigenvalue weighted by molar-refractivity contribution is -0.134. The van der Waals surface area contributed by atoms with E-state index in [0.717, 1.165) is 37.0 Å². The van der Waals surface area contributed by atoms with Gasteiger partial charge in [-0.25, -0.2) is 14.8 Å². The lowest BCUT2D eigenvalue weighted by Gasteiger charge is -2.22. The van der Waals surface area contributed by atoms with E-state index in [2.05, 4.69) is 34.0 Å². The van der Waals surface area contributed by atoms with E-state index in [1.807, 2.05) is 54.6 Å². The van der Waals surface area contributed by atoms with Crippen molar-refractivity contribution in [1.29, 1.82) is 0 Å². The van der Waals surface area contributed by atoms with Gasteiger partial charge in [0.2, 0.25) is 0 Å². The number of carbonyl (C=O) groups is 1. The van der Waals surface area contributed by atoms with Crippen molar-refractivity contribution in [2.45, 2.75) is 104 Å². The molecule has 0 fully saturated rings. The summed E-state index contributed by atoms with van der Waals surface area (Å²) in [6, 6.07) is 17.4. The number of nitrogens with zero attached hydrogens (tertiary/aromatic N) is 3. The molecule has 10 nitrogen and oxygen atoms in total. The maximum absolute atomic E-state index is 12.1. The molecule has 0 radical (unpaired) electrons. The fourth-order valence-electron chi connectivity index (χ4n) is 6.66. The number of unbranched alkanes of at least 4 members (excludes halogenated alkanes) is 10. The van der Waals surface area contributed by atoms with E-state index in [0.29, 0.717) is 58.8 Å².